The molecule has 8 heteroatoms. The summed E-state index contributed by atoms with van der Waals surface area (Å²) in [7, 11) is 1.71. The van der Waals surface area contributed by atoms with Crippen molar-refractivity contribution in [2.24, 2.45) is 4.99 Å². The van der Waals surface area contributed by atoms with Crippen LogP contribution in [0.3, 0.4) is 0 Å². The van der Waals surface area contributed by atoms with Crippen LogP contribution in [-0.2, 0) is 6.42 Å². The van der Waals surface area contributed by atoms with E-state index in [9.17, 15) is 0 Å². The van der Waals surface area contributed by atoms with Crippen molar-refractivity contribution in [2.45, 2.75) is 45.6 Å². The van der Waals surface area contributed by atoms with Crippen LogP contribution in [0.4, 0.5) is 0 Å². The van der Waals surface area contributed by atoms with E-state index in [-0.39, 0.29) is 24.0 Å². The number of aliphatic imine (C=N–C) groups is 1. The minimum Gasteiger partial charge on any atom is -0.497 e. The monoisotopic (exact) mass is 540 g/mol. The van der Waals surface area contributed by atoms with Crippen LogP contribution in [0.15, 0.2) is 35.5 Å². The number of hydrogen-bond donors (Lipinski definition) is 3. The summed E-state index contributed by atoms with van der Waals surface area (Å²) in [5.74, 6) is 1.78. The summed E-state index contributed by atoms with van der Waals surface area (Å²) < 4.78 is 5.33. The van der Waals surface area contributed by atoms with Crippen molar-refractivity contribution in [3.8, 4) is 5.75 Å². The minimum absolute atomic E-state index is 0. The van der Waals surface area contributed by atoms with E-state index in [1.165, 1.54) is 24.0 Å². The van der Waals surface area contributed by atoms with Gasteiger partial charge in [-0.25, -0.2) is 0 Å². The fraction of sp³-hybridized carbons (Fsp3) is 0.565. The van der Waals surface area contributed by atoms with Crippen molar-refractivity contribution in [1.29, 1.82) is 0 Å². The molecule has 1 aromatic carbocycles. The molecule has 1 aromatic heterocycles. The van der Waals surface area contributed by atoms with Gasteiger partial charge >= 0.3 is 0 Å². The van der Waals surface area contributed by atoms with Crippen LogP contribution in [0.25, 0.3) is 0 Å². The number of ether oxygens (including phenoxy) is 1. The van der Waals surface area contributed by atoms with E-state index in [1.807, 2.05) is 18.3 Å². The lowest BCUT2D eigenvalue weighted by Gasteiger charge is -2.27. The highest BCUT2D eigenvalue weighted by Gasteiger charge is 2.23. The van der Waals surface area contributed by atoms with E-state index in [0.29, 0.717) is 6.04 Å². The number of likely N-dealkylation sites (tertiary alicyclic amines) is 1. The molecule has 1 aliphatic heterocycles. The summed E-state index contributed by atoms with van der Waals surface area (Å²) in [5.41, 5.74) is 3.74. The molecular weight excluding hydrogens is 503 g/mol. The van der Waals surface area contributed by atoms with Gasteiger partial charge in [0.25, 0.3) is 0 Å². The lowest BCUT2D eigenvalue weighted by molar-refractivity contribution is 0.251. The molecule has 2 heterocycles. The maximum absolute atomic E-state index is 5.33. The van der Waals surface area contributed by atoms with Gasteiger partial charge in [0.1, 0.15) is 5.75 Å². The summed E-state index contributed by atoms with van der Waals surface area (Å²) in [6.07, 6.45) is 6.50. The topological polar surface area (TPSA) is 77.6 Å². The van der Waals surface area contributed by atoms with E-state index in [4.69, 9.17) is 9.73 Å². The first kappa shape index (κ1) is 25.5. The predicted octanol–water partition coefficient (Wildman–Crippen LogP) is 3.67. The summed E-state index contributed by atoms with van der Waals surface area (Å²) in [5, 5.41) is 14.0. The van der Waals surface area contributed by atoms with Crippen molar-refractivity contribution in [3.05, 3.63) is 47.3 Å². The van der Waals surface area contributed by atoms with Gasteiger partial charge in [0, 0.05) is 18.8 Å². The number of aromatic nitrogens is 2. The van der Waals surface area contributed by atoms with Crippen molar-refractivity contribution >= 4 is 29.9 Å². The lowest BCUT2D eigenvalue weighted by Crippen LogP contribution is -2.39. The first-order chi connectivity index (χ1) is 14.7. The van der Waals surface area contributed by atoms with Crippen LogP contribution in [-0.4, -0.2) is 60.9 Å². The zero-order valence-corrected chi connectivity index (χ0v) is 21.3. The second-order valence-electron chi connectivity index (χ2n) is 7.80. The highest BCUT2D eigenvalue weighted by molar-refractivity contribution is 14.0. The van der Waals surface area contributed by atoms with E-state index in [0.717, 1.165) is 63.0 Å². The Labute approximate surface area is 203 Å². The summed E-state index contributed by atoms with van der Waals surface area (Å²) in [6, 6.07) is 8.73. The van der Waals surface area contributed by atoms with Crippen LogP contribution in [0.2, 0.25) is 0 Å². The number of benzene rings is 1. The molecule has 7 nitrogen and oxygen atoms in total. The summed E-state index contributed by atoms with van der Waals surface area (Å²) >= 11 is 0. The Morgan fingerprint density at radius 2 is 1.97 bits per heavy atom. The molecule has 0 radical (unpaired) electrons. The molecule has 3 rings (SSSR count). The predicted molar refractivity (Wildman–Crippen MR) is 138 cm³/mol. The third kappa shape index (κ3) is 7.68. The van der Waals surface area contributed by atoms with Gasteiger partial charge in [0.2, 0.25) is 0 Å². The number of rotatable bonds is 10. The SMILES string of the molecule is CCNC(=NCC(c1ccc(OC)cc1)N1CCCC1)NCCCc1cn[nH]c1C.I. The lowest BCUT2D eigenvalue weighted by atomic mass is 10.1. The normalized spacial score (nSPS) is 15.4. The molecule has 1 unspecified atom stereocenters. The van der Waals surface area contributed by atoms with E-state index < -0.39 is 0 Å². The number of methoxy groups -OCH3 is 1. The van der Waals surface area contributed by atoms with E-state index in [1.54, 1.807) is 7.11 Å². The number of guanidine groups is 1. The van der Waals surface area contributed by atoms with Crippen molar-refractivity contribution in [1.82, 2.24) is 25.7 Å². The molecule has 1 atom stereocenters. The van der Waals surface area contributed by atoms with Gasteiger partial charge in [-0.2, -0.15) is 5.10 Å². The molecule has 0 aliphatic carbocycles. The van der Waals surface area contributed by atoms with E-state index >= 15 is 0 Å². The van der Waals surface area contributed by atoms with Crippen LogP contribution in [0.5, 0.6) is 5.75 Å². The van der Waals surface area contributed by atoms with E-state index in [2.05, 4.69) is 51.7 Å². The molecule has 1 saturated heterocycles. The maximum atomic E-state index is 5.33. The van der Waals surface area contributed by atoms with Crippen LogP contribution >= 0.6 is 24.0 Å². The fourth-order valence-electron chi connectivity index (χ4n) is 3.94. The first-order valence-electron chi connectivity index (χ1n) is 11.1. The molecule has 3 N–H and O–H groups in total. The molecule has 31 heavy (non-hydrogen) atoms. The van der Waals surface area contributed by atoms with Crippen molar-refractivity contribution in [2.75, 3.05) is 39.8 Å². The third-order valence-electron chi connectivity index (χ3n) is 5.70. The van der Waals surface area contributed by atoms with Crippen LogP contribution < -0.4 is 15.4 Å². The van der Waals surface area contributed by atoms with Gasteiger partial charge in [-0.15, -0.1) is 24.0 Å². The average molecular weight is 540 g/mol. The highest BCUT2D eigenvalue weighted by atomic mass is 127. The smallest absolute Gasteiger partial charge is 0.191 e. The second kappa shape index (κ2) is 13.6. The Morgan fingerprint density at radius 1 is 1.23 bits per heavy atom. The first-order valence-corrected chi connectivity index (χ1v) is 11.1. The average Bonchev–Trinajstić information content (AvgIpc) is 3.44. The molecule has 1 aliphatic rings. The molecule has 2 aromatic rings. The largest absolute Gasteiger partial charge is 0.497 e. The summed E-state index contributed by atoms with van der Waals surface area (Å²) in [6.45, 7) is 8.92. The zero-order chi connectivity index (χ0) is 21.2. The molecule has 0 saturated carbocycles. The third-order valence-corrected chi connectivity index (χ3v) is 5.70. The second-order valence-corrected chi connectivity index (χ2v) is 7.80. The standard InChI is InChI=1S/C23H36N6O.HI/c1-4-24-23(25-13-7-8-20-16-27-28-18(20)2)26-17-22(29-14-5-6-15-29)19-9-11-21(30-3)12-10-19;/h9-12,16,22H,4-8,13-15,17H2,1-3H3,(H,27,28)(H2,24,25,26);1H. The Morgan fingerprint density at radius 3 is 2.58 bits per heavy atom. The van der Waals surface area contributed by atoms with Crippen LogP contribution in [0.1, 0.15) is 49.0 Å². The maximum Gasteiger partial charge on any atom is 0.191 e. The fourth-order valence-corrected chi connectivity index (χ4v) is 3.94. The molecule has 0 bridgehead atoms. The molecule has 0 spiro atoms. The molecule has 0 amide bonds. The molecule has 172 valence electrons. The number of aromatic amines is 1. The Kier molecular flexibility index (Phi) is 11.1. The number of H-pyrrole nitrogens is 1. The van der Waals surface area contributed by atoms with Crippen molar-refractivity contribution < 1.29 is 4.74 Å². The molecular formula is C23H37IN6O. The van der Waals surface area contributed by atoms with Gasteiger partial charge in [-0.05, 0) is 75.9 Å². The van der Waals surface area contributed by atoms with Gasteiger partial charge in [0.05, 0.1) is 25.9 Å². The summed E-state index contributed by atoms with van der Waals surface area (Å²) in [4.78, 5) is 7.48. The Balaban J connectivity index is 0.00000341. The zero-order valence-electron chi connectivity index (χ0n) is 19.0. The van der Waals surface area contributed by atoms with Gasteiger partial charge in [0.15, 0.2) is 5.96 Å². The molecule has 1 fully saturated rings. The minimum atomic E-state index is 0. The number of hydrogen-bond acceptors (Lipinski definition) is 4. The number of nitrogens with zero attached hydrogens (tertiary/aromatic N) is 3. The van der Waals surface area contributed by atoms with Gasteiger partial charge in [-0.3, -0.25) is 15.0 Å². The number of nitrogens with one attached hydrogen (secondary N) is 3. The Bertz CT molecular complexity index is 786. The number of aryl methyl sites for hydroxylation is 2. The van der Waals surface area contributed by atoms with Gasteiger partial charge in [-0.1, -0.05) is 12.1 Å². The van der Waals surface area contributed by atoms with Gasteiger partial charge < -0.3 is 15.4 Å². The number of halogens is 1. The highest BCUT2D eigenvalue weighted by Crippen LogP contribution is 2.27. The quantitative estimate of drug-likeness (QED) is 0.186. The Hall–Kier alpha value is -1.81. The van der Waals surface area contributed by atoms with Crippen molar-refractivity contribution in [3.63, 3.8) is 0 Å². The van der Waals surface area contributed by atoms with Crippen LogP contribution in [0, 0.1) is 6.92 Å².